The first-order valence-electron chi connectivity index (χ1n) is 8.01. The number of rotatable bonds is 3. The summed E-state index contributed by atoms with van der Waals surface area (Å²) in [6.07, 6.45) is 5.40. The summed E-state index contributed by atoms with van der Waals surface area (Å²) >= 11 is 0. The predicted octanol–water partition coefficient (Wildman–Crippen LogP) is 3.70. The average Bonchev–Trinajstić information content (AvgIpc) is 3.14. The van der Waals surface area contributed by atoms with Crippen molar-refractivity contribution in [3.8, 4) is 11.3 Å². The van der Waals surface area contributed by atoms with E-state index in [2.05, 4.69) is 34.3 Å². The van der Waals surface area contributed by atoms with Crippen LogP contribution in [-0.2, 0) is 12.8 Å². The van der Waals surface area contributed by atoms with Gasteiger partial charge in [0, 0.05) is 28.9 Å². The molecule has 2 aliphatic rings. The van der Waals surface area contributed by atoms with Crippen molar-refractivity contribution in [2.24, 2.45) is 5.41 Å². The summed E-state index contributed by atoms with van der Waals surface area (Å²) < 4.78 is 13.9. The van der Waals surface area contributed by atoms with Crippen LogP contribution in [0.15, 0.2) is 12.1 Å². The first-order chi connectivity index (χ1) is 10.5. The maximum Gasteiger partial charge on any atom is 0.215 e. The second-order valence-electron chi connectivity index (χ2n) is 7.35. The molecule has 5 heteroatoms. The van der Waals surface area contributed by atoms with E-state index in [0.29, 0.717) is 17.3 Å². The van der Waals surface area contributed by atoms with Crippen molar-refractivity contribution in [2.75, 3.05) is 5.32 Å². The van der Waals surface area contributed by atoms with Crippen LogP contribution < -0.4 is 5.32 Å². The summed E-state index contributed by atoms with van der Waals surface area (Å²) in [4.78, 5) is 3.94. The Morgan fingerprint density at radius 1 is 1.32 bits per heavy atom. The maximum atomic E-state index is 13.9. The molecule has 0 amide bonds. The minimum Gasteiger partial charge on any atom is -0.367 e. The van der Waals surface area contributed by atoms with Crippen LogP contribution in [0.2, 0.25) is 0 Å². The van der Waals surface area contributed by atoms with Crippen molar-refractivity contribution in [1.29, 1.82) is 0 Å². The van der Waals surface area contributed by atoms with Gasteiger partial charge in [0.2, 0.25) is 5.95 Å². The lowest BCUT2D eigenvalue weighted by Crippen LogP contribution is -2.21. The van der Waals surface area contributed by atoms with Gasteiger partial charge >= 0.3 is 0 Å². The lowest BCUT2D eigenvalue weighted by Gasteiger charge is -2.29. The first-order valence-corrected chi connectivity index (χ1v) is 8.01. The Balaban J connectivity index is 1.70. The van der Waals surface area contributed by atoms with Crippen molar-refractivity contribution in [1.82, 2.24) is 15.2 Å². The van der Waals surface area contributed by atoms with Gasteiger partial charge in [-0.05, 0) is 43.6 Å². The fraction of sp³-hybridized carbons (Fsp3) is 0.529. The second kappa shape index (κ2) is 4.80. The SMILES string of the molecule is CC1(C)CCc2c(-c3cc(F)nc(NC4CC4)c3)n[nH]c2C1. The molecule has 0 radical (unpaired) electrons. The van der Waals surface area contributed by atoms with Gasteiger partial charge in [-0.1, -0.05) is 13.8 Å². The highest BCUT2D eigenvalue weighted by Gasteiger charge is 2.29. The molecule has 0 spiro atoms. The number of halogens is 1. The molecule has 0 bridgehead atoms. The molecule has 0 unspecified atom stereocenters. The number of hydrogen-bond donors (Lipinski definition) is 2. The van der Waals surface area contributed by atoms with Crippen LogP contribution >= 0.6 is 0 Å². The highest BCUT2D eigenvalue weighted by atomic mass is 19.1. The van der Waals surface area contributed by atoms with E-state index >= 15 is 0 Å². The van der Waals surface area contributed by atoms with E-state index in [0.717, 1.165) is 43.4 Å². The monoisotopic (exact) mass is 300 g/mol. The van der Waals surface area contributed by atoms with E-state index in [9.17, 15) is 4.39 Å². The molecule has 0 aromatic carbocycles. The van der Waals surface area contributed by atoms with Gasteiger partial charge in [0.05, 0.1) is 5.69 Å². The van der Waals surface area contributed by atoms with Gasteiger partial charge in [0.15, 0.2) is 0 Å². The zero-order chi connectivity index (χ0) is 15.3. The smallest absolute Gasteiger partial charge is 0.215 e. The number of fused-ring (bicyclic) bond motifs is 1. The predicted molar refractivity (Wildman–Crippen MR) is 84.2 cm³/mol. The molecule has 2 aromatic rings. The summed E-state index contributed by atoms with van der Waals surface area (Å²) in [6.45, 7) is 4.56. The summed E-state index contributed by atoms with van der Waals surface area (Å²) in [5.41, 5.74) is 4.43. The van der Waals surface area contributed by atoms with Crippen molar-refractivity contribution < 1.29 is 4.39 Å². The Morgan fingerprint density at radius 3 is 2.91 bits per heavy atom. The molecule has 22 heavy (non-hydrogen) atoms. The van der Waals surface area contributed by atoms with Crippen molar-refractivity contribution >= 4 is 5.82 Å². The van der Waals surface area contributed by atoms with Crippen LogP contribution in [0.5, 0.6) is 0 Å². The Labute approximate surface area is 129 Å². The maximum absolute atomic E-state index is 13.9. The fourth-order valence-electron chi connectivity index (χ4n) is 3.23. The largest absolute Gasteiger partial charge is 0.367 e. The van der Waals surface area contributed by atoms with Gasteiger partial charge in [-0.25, -0.2) is 4.98 Å². The number of hydrogen-bond acceptors (Lipinski definition) is 3. The van der Waals surface area contributed by atoms with E-state index in [-0.39, 0.29) is 0 Å². The Hall–Kier alpha value is -1.91. The Morgan fingerprint density at radius 2 is 2.14 bits per heavy atom. The van der Waals surface area contributed by atoms with E-state index < -0.39 is 5.95 Å². The molecule has 1 saturated carbocycles. The third-order valence-corrected chi connectivity index (χ3v) is 4.66. The van der Waals surface area contributed by atoms with Gasteiger partial charge in [-0.2, -0.15) is 9.49 Å². The molecule has 2 N–H and O–H groups in total. The van der Waals surface area contributed by atoms with Crippen LogP contribution in [-0.4, -0.2) is 21.2 Å². The molecule has 4 nitrogen and oxygen atoms in total. The third kappa shape index (κ3) is 2.60. The van der Waals surface area contributed by atoms with Gasteiger partial charge in [0.1, 0.15) is 5.82 Å². The van der Waals surface area contributed by atoms with E-state index in [1.165, 1.54) is 17.3 Å². The molecular weight excluding hydrogens is 279 g/mol. The van der Waals surface area contributed by atoms with Gasteiger partial charge in [0.25, 0.3) is 0 Å². The molecule has 4 rings (SSSR count). The molecule has 2 aromatic heterocycles. The zero-order valence-corrected chi connectivity index (χ0v) is 13.0. The van der Waals surface area contributed by atoms with Crippen LogP contribution in [0, 0.1) is 11.4 Å². The number of aromatic nitrogens is 3. The average molecular weight is 300 g/mol. The first kappa shape index (κ1) is 13.7. The second-order valence-corrected chi connectivity index (χ2v) is 7.35. The van der Waals surface area contributed by atoms with Crippen molar-refractivity contribution in [3.05, 3.63) is 29.3 Å². The van der Waals surface area contributed by atoms with Crippen LogP contribution in [0.4, 0.5) is 10.2 Å². The number of anilines is 1. The number of nitrogens with one attached hydrogen (secondary N) is 2. The lowest BCUT2D eigenvalue weighted by atomic mass is 9.76. The summed E-state index contributed by atoms with van der Waals surface area (Å²) in [6, 6.07) is 3.85. The molecule has 0 saturated heterocycles. The topological polar surface area (TPSA) is 53.6 Å². The van der Waals surface area contributed by atoms with Gasteiger partial charge < -0.3 is 5.32 Å². The van der Waals surface area contributed by atoms with E-state index in [1.54, 1.807) is 0 Å². The standard InChI is InChI=1S/C17H21FN4/c1-17(2)6-5-12-13(9-17)21-22-16(12)10-7-14(18)20-15(8-10)19-11-3-4-11/h7-8,11H,3-6,9H2,1-2H3,(H,19,20)(H,21,22). The Kier molecular flexibility index (Phi) is 2.99. The summed E-state index contributed by atoms with van der Waals surface area (Å²) in [5, 5.41) is 10.9. The molecule has 1 fully saturated rings. The summed E-state index contributed by atoms with van der Waals surface area (Å²) in [5.74, 6) is 0.166. The van der Waals surface area contributed by atoms with Crippen LogP contribution in [0.1, 0.15) is 44.4 Å². The van der Waals surface area contributed by atoms with Gasteiger partial charge in [-0.15, -0.1) is 0 Å². The molecular formula is C17H21FN4. The lowest BCUT2D eigenvalue weighted by molar-refractivity contribution is 0.312. The fourth-order valence-corrected chi connectivity index (χ4v) is 3.23. The number of pyridine rings is 1. The minimum absolute atomic E-state index is 0.305. The van der Waals surface area contributed by atoms with E-state index in [1.807, 2.05) is 6.07 Å². The third-order valence-electron chi connectivity index (χ3n) is 4.66. The number of H-pyrrole nitrogens is 1. The van der Waals surface area contributed by atoms with Crippen molar-refractivity contribution in [2.45, 2.75) is 52.0 Å². The zero-order valence-electron chi connectivity index (χ0n) is 13.0. The Bertz CT molecular complexity index is 715. The van der Waals surface area contributed by atoms with Crippen LogP contribution in [0.3, 0.4) is 0 Å². The highest BCUT2D eigenvalue weighted by molar-refractivity contribution is 5.67. The summed E-state index contributed by atoms with van der Waals surface area (Å²) in [7, 11) is 0. The molecule has 0 aliphatic heterocycles. The molecule has 0 atom stereocenters. The van der Waals surface area contributed by atoms with Crippen molar-refractivity contribution in [3.63, 3.8) is 0 Å². The number of aromatic amines is 1. The highest BCUT2D eigenvalue weighted by Crippen LogP contribution is 2.38. The van der Waals surface area contributed by atoms with E-state index in [4.69, 9.17) is 0 Å². The number of nitrogens with zero attached hydrogens (tertiary/aromatic N) is 2. The normalized spacial score (nSPS) is 19.8. The minimum atomic E-state index is -0.450. The molecule has 2 heterocycles. The molecule has 116 valence electrons. The molecule has 2 aliphatic carbocycles. The quantitative estimate of drug-likeness (QED) is 0.850. The van der Waals surface area contributed by atoms with Crippen LogP contribution in [0.25, 0.3) is 11.3 Å². The van der Waals surface area contributed by atoms with Gasteiger partial charge in [-0.3, -0.25) is 5.10 Å².